The number of fused-ring (bicyclic) bond motifs is 1. The van der Waals surface area contributed by atoms with Crippen LogP contribution in [0.25, 0.3) is 0 Å². The summed E-state index contributed by atoms with van der Waals surface area (Å²) >= 11 is 0. The summed E-state index contributed by atoms with van der Waals surface area (Å²) in [5.41, 5.74) is 7.36. The third-order valence-corrected chi connectivity index (χ3v) is 5.85. The molecule has 0 saturated heterocycles. The van der Waals surface area contributed by atoms with Crippen LogP contribution in [0.4, 0.5) is 0 Å². The lowest BCUT2D eigenvalue weighted by atomic mass is 10.1. The summed E-state index contributed by atoms with van der Waals surface area (Å²) in [6.07, 6.45) is 0. The standard InChI is InChI=1S/C16H17NO4S/c1-11-2-5-13(6-3-11)22(18,19)16(9-17)12-4-7-14-15(8-12)21-10-20-14/h2-8,16H,9-10,17H2,1H3/t16-/m1/s1. The number of hydrogen-bond donors (Lipinski definition) is 1. The van der Waals surface area contributed by atoms with Gasteiger partial charge in [-0.1, -0.05) is 23.8 Å². The van der Waals surface area contributed by atoms with E-state index in [1.54, 1.807) is 42.5 Å². The summed E-state index contributed by atoms with van der Waals surface area (Å²) in [5.74, 6) is 1.17. The van der Waals surface area contributed by atoms with Crippen molar-refractivity contribution in [2.45, 2.75) is 17.1 Å². The monoisotopic (exact) mass is 319 g/mol. The van der Waals surface area contributed by atoms with Crippen molar-refractivity contribution in [3.05, 3.63) is 53.6 Å². The second kappa shape index (κ2) is 5.62. The van der Waals surface area contributed by atoms with Crippen LogP contribution in [0, 0.1) is 6.92 Å². The number of sulfone groups is 1. The molecule has 0 saturated carbocycles. The summed E-state index contributed by atoms with van der Waals surface area (Å²) in [5, 5.41) is -0.815. The van der Waals surface area contributed by atoms with Crippen molar-refractivity contribution in [1.29, 1.82) is 0 Å². The van der Waals surface area contributed by atoms with Gasteiger partial charge in [0.1, 0.15) is 5.25 Å². The van der Waals surface area contributed by atoms with Gasteiger partial charge in [-0.25, -0.2) is 8.42 Å². The molecule has 0 aromatic heterocycles. The second-order valence-electron chi connectivity index (χ2n) is 5.20. The summed E-state index contributed by atoms with van der Waals surface area (Å²) in [4.78, 5) is 0.270. The lowest BCUT2D eigenvalue weighted by molar-refractivity contribution is 0.174. The minimum absolute atomic E-state index is 0.00411. The average molecular weight is 319 g/mol. The van der Waals surface area contributed by atoms with Crippen LogP contribution < -0.4 is 15.2 Å². The largest absolute Gasteiger partial charge is 0.454 e. The molecule has 1 atom stereocenters. The van der Waals surface area contributed by atoms with Gasteiger partial charge in [0.2, 0.25) is 6.79 Å². The van der Waals surface area contributed by atoms with E-state index in [1.165, 1.54) is 0 Å². The predicted molar refractivity (Wildman–Crippen MR) is 82.7 cm³/mol. The Morgan fingerprint density at radius 1 is 1.09 bits per heavy atom. The number of aryl methyl sites for hydroxylation is 1. The molecule has 2 N–H and O–H groups in total. The fourth-order valence-electron chi connectivity index (χ4n) is 2.45. The predicted octanol–water partition coefficient (Wildman–Crippen LogP) is 2.20. The van der Waals surface area contributed by atoms with E-state index in [-0.39, 0.29) is 18.2 Å². The van der Waals surface area contributed by atoms with Crippen molar-refractivity contribution in [1.82, 2.24) is 0 Å². The molecule has 0 bridgehead atoms. The smallest absolute Gasteiger partial charge is 0.231 e. The SMILES string of the molecule is Cc1ccc(S(=O)(=O)[C@H](CN)c2ccc3c(c2)OCO3)cc1. The van der Waals surface area contributed by atoms with Crippen LogP contribution >= 0.6 is 0 Å². The average Bonchev–Trinajstić information content (AvgIpc) is 2.96. The second-order valence-corrected chi connectivity index (χ2v) is 7.33. The van der Waals surface area contributed by atoms with E-state index < -0.39 is 15.1 Å². The molecular formula is C16H17NO4S. The molecule has 1 aliphatic rings. The van der Waals surface area contributed by atoms with Gasteiger partial charge in [-0.05, 0) is 36.8 Å². The van der Waals surface area contributed by atoms with Crippen molar-refractivity contribution < 1.29 is 17.9 Å². The Morgan fingerprint density at radius 2 is 1.77 bits per heavy atom. The Morgan fingerprint density at radius 3 is 2.45 bits per heavy atom. The van der Waals surface area contributed by atoms with E-state index in [0.717, 1.165) is 5.56 Å². The third-order valence-electron chi connectivity index (χ3n) is 3.71. The highest BCUT2D eigenvalue weighted by atomic mass is 32.2. The fourth-order valence-corrected chi connectivity index (χ4v) is 4.05. The lowest BCUT2D eigenvalue weighted by Gasteiger charge is -2.17. The molecule has 0 spiro atoms. The Balaban J connectivity index is 2.01. The van der Waals surface area contributed by atoms with E-state index >= 15 is 0 Å². The molecule has 0 unspecified atom stereocenters. The summed E-state index contributed by atoms with van der Waals surface area (Å²) in [6.45, 7) is 2.06. The molecule has 2 aromatic carbocycles. The van der Waals surface area contributed by atoms with E-state index in [4.69, 9.17) is 15.2 Å². The van der Waals surface area contributed by atoms with E-state index in [0.29, 0.717) is 17.1 Å². The Hall–Kier alpha value is -2.05. The van der Waals surface area contributed by atoms with Crippen LogP contribution in [0.15, 0.2) is 47.4 Å². The molecule has 6 heteroatoms. The number of ether oxygens (including phenoxy) is 2. The molecule has 0 aliphatic carbocycles. The Bertz CT molecular complexity index is 784. The van der Waals surface area contributed by atoms with Crippen molar-refractivity contribution in [3.8, 4) is 11.5 Å². The first-order chi connectivity index (χ1) is 10.5. The third kappa shape index (κ3) is 2.55. The first-order valence-corrected chi connectivity index (χ1v) is 8.47. The Labute approximate surface area is 129 Å². The molecule has 116 valence electrons. The van der Waals surface area contributed by atoms with Crippen LogP contribution in [0.3, 0.4) is 0 Å². The zero-order valence-corrected chi connectivity index (χ0v) is 13.0. The van der Waals surface area contributed by atoms with Gasteiger partial charge in [-0.15, -0.1) is 0 Å². The highest BCUT2D eigenvalue weighted by Crippen LogP contribution is 2.37. The first-order valence-electron chi connectivity index (χ1n) is 6.92. The Kier molecular flexibility index (Phi) is 3.80. The lowest BCUT2D eigenvalue weighted by Crippen LogP contribution is -2.22. The summed E-state index contributed by atoms with van der Waals surface area (Å²) in [7, 11) is -3.56. The van der Waals surface area contributed by atoms with Crippen LogP contribution in [-0.4, -0.2) is 21.8 Å². The van der Waals surface area contributed by atoms with Crippen LogP contribution in [0.1, 0.15) is 16.4 Å². The molecule has 0 amide bonds. The first kappa shape index (κ1) is 14.9. The van der Waals surface area contributed by atoms with Crippen LogP contribution in [0.2, 0.25) is 0 Å². The summed E-state index contributed by atoms with van der Waals surface area (Å²) in [6, 6.07) is 11.9. The number of nitrogens with two attached hydrogens (primary N) is 1. The molecule has 5 nitrogen and oxygen atoms in total. The minimum atomic E-state index is -3.56. The summed E-state index contributed by atoms with van der Waals surface area (Å²) < 4.78 is 36.2. The van der Waals surface area contributed by atoms with Gasteiger partial charge in [0.25, 0.3) is 0 Å². The van der Waals surface area contributed by atoms with Crippen molar-refractivity contribution in [2.24, 2.45) is 5.73 Å². The van der Waals surface area contributed by atoms with Crippen molar-refractivity contribution in [3.63, 3.8) is 0 Å². The van der Waals surface area contributed by atoms with Gasteiger partial charge in [-0.3, -0.25) is 0 Å². The quantitative estimate of drug-likeness (QED) is 0.934. The molecule has 2 aromatic rings. The highest BCUT2D eigenvalue weighted by Gasteiger charge is 2.29. The molecular weight excluding hydrogens is 302 g/mol. The van der Waals surface area contributed by atoms with Gasteiger partial charge in [-0.2, -0.15) is 0 Å². The van der Waals surface area contributed by atoms with Crippen molar-refractivity contribution in [2.75, 3.05) is 13.3 Å². The van der Waals surface area contributed by atoms with Crippen LogP contribution in [-0.2, 0) is 9.84 Å². The number of rotatable bonds is 4. The molecule has 1 aliphatic heterocycles. The molecule has 1 heterocycles. The maximum absolute atomic E-state index is 12.8. The minimum Gasteiger partial charge on any atom is -0.454 e. The fraction of sp³-hybridized carbons (Fsp3) is 0.250. The van der Waals surface area contributed by atoms with E-state index in [9.17, 15) is 8.42 Å². The molecule has 22 heavy (non-hydrogen) atoms. The zero-order valence-electron chi connectivity index (χ0n) is 12.2. The maximum Gasteiger partial charge on any atom is 0.231 e. The van der Waals surface area contributed by atoms with Crippen LogP contribution in [0.5, 0.6) is 11.5 Å². The maximum atomic E-state index is 12.8. The van der Waals surface area contributed by atoms with Gasteiger partial charge < -0.3 is 15.2 Å². The van der Waals surface area contributed by atoms with Gasteiger partial charge in [0, 0.05) is 6.54 Å². The molecule has 0 radical (unpaired) electrons. The number of benzene rings is 2. The van der Waals surface area contributed by atoms with Gasteiger partial charge in [0.15, 0.2) is 21.3 Å². The normalized spacial score (nSPS) is 14.8. The topological polar surface area (TPSA) is 78.6 Å². The van der Waals surface area contributed by atoms with E-state index in [2.05, 4.69) is 0 Å². The highest BCUT2D eigenvalue weighted by molar-refractivity contribution is 7.91. The van der Waals surface area contributed by atoms with Gasteiger partial charge in [0.05, 0.1) is 4.90 Å². The molecule has 3 rings (SSSR count). The number of hydrogen-bond acceptors (Lipinski definition) is 5. The molecule has 0 fully saturated rings. The van der Waals surface area contributed by atoms with Crippen molar-refractivity contribution >= 4 is 9.84 Å². The zero-order chi connectivity index (χ0) is 15.7. The van der Waals surface area contributed by atoms with E-state index in [1.807, 2.05) is 6.92 Å². The van der Waals surface area contributed by atoms with Gasteiger partial charge >= 0.3 is 0 Å².